The predicted octanol–water partition coefficient (Wildman–Crippen LogP) is 6.72. The summed E-state index contributed by atoms with van der Waals surface area (Å²) in [5.41, 5.74) is 2.15. The number of rotatable bonds is 9. The lowest BCUT2D eigenvalue weighted by atomic mass is 9.76. The fourth-order valence-electron chi connectivity index (χ4n) is 3.90. The van der Waals surface area contributed by atoms with Crippen LogP contribution in [0, 0.1) is 17.2 Å². The van der Waals surface area contributed by atoms with Gasteiger partial charge in [0.2, 0.25) is 0 Å². The highest BCUT2D eigenvalue weighted by Crippen LogP contribution is 2.38. The summed E-state index contributed by atoms with van der Waals surface area (Å²) in [5.74, 6) is 1.33. The van der Waals surface area contributed by atoms with E-state index in [1.165, 1.54) is 50.5 Å². The van der Waals surface area contributed by atoms with Gasteiger partial charge in [0.05, 0.1) is 17.9 Å². The molecule has 1 unspecified atom stereocenters. The first-order chi connectivity index (χ1) is 12.3. The number of nitrogens with zero attached hydrogens (tertiary/aromatic N) is 1. The Kier molecular flexibility index (Phi) is 8.60. The lowest BCUT2D eigenvalue weighted by molar-refractivity contribution is 0.0555. The molecule has 0 spiro atoms. The van der Waals surface area contributed by atoms with Gasteiger partial charge in [0.15, 0.2) is 0 Å². The van der Waals surface area contributed by atoms with E-state index in [9.17, 15) is 0 Å². The second kappa shape index (κ2) is 11.0. The summed E-state index contributed by atoms with van der Waals surface area (Å²) in [5, 5.41) is 8.93. The Bertz CT molecular complexity index is 546. The number of allylic oxidation sites excluding steroid dienone is 1. The Morgan fingerprint density at radius 1 is 1.12 bits per heavy atom. The van der Waals surface area contributed by atoms with Crippen molar-refractivity contribution in [3.05, 3.63) is 47.7 Å². The maximum Gasteiger partial charge on any atom is 0.101 e. The summed E-state index contributed by atoms with van der Waals surface area (Å²) in [4.78, 5) is 0. The van der Waals surface area contributed by atoms with Crippen LogP contribution in [0.15, 0.2) is 36.6 Å². The third-order valence-electron chi connectivity index (χ3n) is 5.46. The van der Waals surface area contributed by atoms with E-state index in [1.54, 1.807) is 0 Å². The number of benzene rings is 1. The van der Waals surface area contributed by atoms with Crippen LogP contribution >= 0.6 is 0 Å². The highest BCUT2D eigenvalue weighted by Gasteiger charge is 2.28. The van der Waals surface area contributed by atoms with E-state index in [0.29, 0.717) is 17.9 Å². The maximum atomic E-state index is 8.93. The normalized spacial score (nSPS) is 21.8. The lowest BCUT2D eigenvalue weighted by Crippen LogP contribution is -2.26. The van der Waals surface area contributed by atoms with E-state index >= 15 is 0 Å². The molecule has 25 heavy (non-hydrogen) atoms. The van der Waals surface area contributed by atoms with Crippen molar-refractivity contribution < 1.29 is 4.74 Å². The summed E-state index contributed by atoms with van der Waals surface area (Å²) in [7, 11) is 0. The number of unbranched alkanes of at least 4 members (excludes halogenated alkanes) is 2. The van der Waals surface area contributed by atoms with Crippen molar-refractivity contribution in [1.82, 2.24) is 0 Å². The summed E-state index contributed by atoms with van der Waals surface area (Å²) in [6.45, 7) is 4.47. The second-order valence-electron chi connectivity index (χ2n) is 7.32. The molecule has 1 fully saturated rings. The van der Waals surface area contributed by atoms with E-state index in [0.717, 1.165) is 18.4 Å². The van der Waals surface area contributed by atoms with Gasteiger partial charge in [-0.3, -0.25) is 0 Å². The molecular formula is C23H33NO. The van der Waals surface area contributed by atoms with Crippen LogP contribution in [0.5, 0.6) is 0 Å². The van der Waals surface area contributed by atoms with Crippen molar-refractivity contribution in [2.45, 2.75) is 83.7 Å². The van der Waals surface area contributed by atoms with E-state index in [1.807, 2.05) is 18.4 Å². The van der Waals surface area contributed by atoms with Crippen LogP contribution in [-0.2, 0) is 4.74 Å². The molecule has 1 aliphatic rings. The molecule has 0 aliphatic heterocycles. The molecule has 0 heterocycles. The van der Waals surface area contributed by atoms with Crippen molar-refractivity contribution >= 4 is 0 Å². The first-order valence-corrected chi connectivity index (χ1v) is 10.1. The van der Waals surface area contributed by atoms with Gasteiger partial charge in [-0.25, -0.2) is 0 Å². The van der Waals surface area contributed by atoms with Crippen molar-refractivity contribution in [1.29, 1.82) is 5.26 Å². The zero-order valence-electron chi connectivity index (χ0n) is 15.9. The molecule has 1 saturated carbocycles. The zero-order valence-corrected chi connectivity index (χ0v) is 15.9. The highest BCUT2D eigenvalue weighted by molar-refractivity contribution is 5.33. The first-order valence-electron chi connectivity index (χ1n) is 10.1. The van der Waals surface area contributed by atoms with Crippen molar-refractivity contribution in [2.75, 3.05) is 0 Å². The van der Waals surface area contributed by atoms with E-state index < -0.39 is 0 Å². The summed E-state index contributed by atoms with van der Waals surface area (Å²) >= 11 is 0. The molecule has 1 atom stereocenters. The molecule has 136 valence electrons. The number of hydrogen-bond donors (Lipinski definition) is 0. The molecule has 0 saturated heterocycles. The van der Waals surface area contributed by atoms with Gasteiger partial charge in [-0.1, -0.05) is 38.8 Å². The average Bonchev–Trinajstić information content (AvgIpc) is 2.67. The molecule has 0 amide bonds. The standard InChI is InChI=1S/C23H33NO/c1-3-5-6-7-17-25-23(8-4-2)22-15-13-21(14-16-22)20-11-9-19(18-24)10-12-20/h7,9-12,17,21-23H,3-6,8,13-16H2,1-2H3/b17-7+. The first kappa shape index (κ1) is 19.6. The topological polar surface area (TPSA) is 33.0 Å². The Morgan fingerprint density at radius 2 is 1.84 bits per heavy atom. The fraction of sp³-hybridized carbons (Fsp3) is 0.609. The van der Waals surface area contributed by atoms with Crippen LogP contribution in [0.1, 0.15) is 88.7 Å². The van der Waals surface area contributed by atoms with Crippen LogP contribution in [0.2, 0.25) is 0 Å². The minimum Gasteiger partial charge on any atom is -0.498 e. The quantitative estimate of drug-likeness (QED) is 0.369. The summed E-state index contributed by atoms with van der Waals surface area (Å²) in [6.07, 6.45) is 15.4. The average molecular weight is 340 g/mol. The van der Waals surface area contributed by atoms with E-state index in [4.69, 9.17) is 10.00 Å². The Morgan fingerprint density at radius 3 is 2.44 bits per heavy atom. The monoisotopic (exact) mass is 339 g/mol. The minimum absolute atomic E-state index is 0.379. The van der Waals surface area contributed by atoms with Gasteiger partial charge in [0.1, 0.15) is 6.10 Å². The molecule has 2 heteroatoms. The Labute approximate surface area is 153 Å². The van der Waals surface area contributed by atoms with Gasteiger partial charge in [-0.05, 0) is 80.6 Å². The van der Waals surface area contributed by atoms with Crippen LogP contribution in [0.4, 0.5) is 0 Å². The molecule has 2 nitrogen and oxygen atoms in total. The SMILES string of the molecule is CCCC/C=C/OC(CCC)C1CCC(c2ccc(C#N)cc2)CC1. The zero-order chi connectivity index (χ0) is 17.9. The molecule has 0 bridgehead atoms. The minimum atomic E-state index is 0.379. The van der Waals surface area contributed by atoms with Crippen molar-refractivity contribution in [3.8, 4) is 6.07 Å². The molecule has 1 aliphatic carbocycles. The predicted molar refractivity (Wildman–Crippen MR) is 104 cm³/mol. The van der Waals surface area contributed by atoms with Crippen molar-refractivity contribution in [2.24, 2.45) is 5.92 Å². The maximum absolute atomic E-state index is 8.93. The lowest BCUT2D eigenvalue weighted by Gasteiger charge is -2.33. The van der Waals surface area contributed by atoms with Gasteiger partial charge >= 0.3 is 0 Å². The van der Waals surface area contributed by atoms with Crippen LogP contribution in [0.25, 0.3) is 0 Å². The molecule has 1 aromatic carbocycles. The summed E-state index contributed by atoms with van der Waals surface area (Å²) in [6, 6.07) is 10.4. The van der Waals surface area contributed by atoms with E-state index in [2.05, 4.69) is 38.1 Å². The van der Waals surface area contributed by atoms with Gasteiger partial charge in [-0.15, -0.1) is 0 Å². The van der Waals surface area contributed by atoms with Crippen LogP contribution < -0.4 is 0 Å². The number of nitriles is 1. The molecule has 1 aromatic rings. The Hall–Kier alpha value is -1.75. The molecule has 0 radical (unpaired) electrons. The van der Waals surface area contributed by atoms with Crippen LogP contribution in [-0.4, -0.2) is 6.10 Å². The Balaban J connectivity index is 1.84. The third-order valence-corrected chi connectivity index (χ3v) is 5.46. The molecular weight excluding hydrogens is 306 g/mol. The van der Waals surface area contributed by atoms with Gasteiger partial charge in [0.25, 0.3) is 0 Å². The van der Waals surface area contributed by atoms with Gasteiger partial charge in [-0.2, -0.15) is 5.26 Å². The second-order valence-corrected chi connectivity index (χ2v) is 7.32. The molecule has 0 N–H and O–H groups in total. The van der Waals surface area contributed by atoms with Crippen molar-refractivity contribution in [3.63, 3.8) is 0 Å². The van der Waals surface area contributed by atoms with E-state index in [-0.39, 0.29) is 0 Å². The number of hydrogen-bond acceptors (Lipinski definition) is 2. The fourth-order valence-corrected chi connectivity index (χ4v) is 3.90. The van der Waals surface area contributed by atoms with Gasteiger partial charge in [0, 0.05) is 0 Å². The molecule has 2 rings (SSSR count). The number of ether oxygens (including phenoxy) is 1. The third kappa shape index (κ3) is 6.24. The molecule has 0 aromatic heterocycles. The summed E-state index contributed by atoms with van der Waals surface area (Å²) < 4.78 is 6.12. The smallest absolute Gasteiger partial charge is 0.101 e. The van der Waals surface area contributed by atoms with Gasteiger partial charge < -0.3 is 4.74 Å². The largest absolute Gasteiger partial charge is 0.498 e. The van der Waals surface area contributed by atoms with Crippen LogP contribution in [0.3, 0.4) is 0 Å². The highest BCUT2D eigenvalue weighted by atomic mass is 16.5.